The van der Waals surface area contributed by atoms with Crippen molar-refractivity contribution < 1.29 is 22.0 Å². The third kappa shape index (κ3) is 3.03. The molecule has 0 heterocycles. The molecular weight excluding hydrogens is 324 g/mol. The van der Waals surface area contributed by atoms with E-state index in [1.54, 1.807) is 0 Å². The van der Waals surface area contributed by atoms with Gasteiger partial charge in [0.25, 0.3) is 15.0 Å². The first kappa shape index (κ1) is 16.2. The lowest BCUT2D eigenvalue weighted by atomic mass is 9.74. The SMILES string of the molecule is CCC1(NC(=O)c2c(F)ccc(S(=O)(=O)Cl)c2F)CCC1. The topological polar surface area (TPSA) is 63.2 Å². The van der Waals surface area contributed by atoms with Gasteiger partial charge in [-0.1, -0.05) is 6.92 Å². The molecule has 8 heteroatoms. The quantitative estimate of drug-likeness (QED) is 0.859. The Labute approximate surface area is 125 Å². The molecule has 1 N–H and O–H groups in total. The Balaban J connectivity index is 2.41. The summed E-state index contributed by atoms with van der Waals surface area (Å²) in [7, 11) is 0.673. The molecule has 0 atom stereocenters. The van der Waals surface area contributed by atoms with Gasteiger partial charge in [0.15, 0.2) is 5.82 Å². The van der Waals surface area contributed by atoms with Crippen molar-refractivity contribution in [1.29, 1.82) is 0 Å². The third-order valence-corrected chi connectivity index (χ3v) is 5.25. The molecule has 0 aliphatic heterocycles. The number of carbonyl (C=O) groups excluding carboxylic acids is 1. The van der Waals surface area contributed by atoms with Crippen LogP contribution in [0.1, 0.15) is 43.0 Å². The Kier molecular flexibility index (Phi) is 4.26. The minimum atomic E-state index is -4.40. The third-order valence-electron chi connectivity index (χ3n) is 3.91. The van der Waals surface area contributed by atoms with E-state index < -0.39 is 42.6 Å². The smallest absolute Gasteiger partial charge is 0.264 e. The normalized spacial score (nSPS) is 17.1. The second-order valence-corrected chi connectivity index (χ2v) is 7.65. The number of rotatable bonds is 4. The van der Waals surface area contributed by atoms with Crippen molar-refractivity contribution in [3.05, 3.63) is 29.3 Å². The van der Waals surface area contributed by atoms with E-state index in [9.17, 15) is 22.0 Å². The molecule has 0 saturated heterocycles. The first-order valence-corrected chi connectivity index (χ1v) is 8.76. The highest BCUT2D eigenvalue weighted by molar-refractivity contribution is 8.13. The average molecular weight is 338 g/mol. The summed E-state index contributed by atoms with van der Waals surface area (Å²) < 4.78 is 50.3. The van der Waals surface area contributed by atoms with E-state index >= 15 is 0 Å². The summed E-state index contributed by atoms with van der Waals surface area (Å²) >= 11 is 0. The largest absolute Gasteiger partial charge is 0.346 e. The van der Waals surface area contributed by atoms with Gasteiger partial charge in [-0.2, -0.15) is 0 Å². The van der Waals surface area contributed by atoms with Crippen LogP contribution in [0.4, 0.5) is 8.78 Å². The molecule has 1 aliphatic carbocycles. The second-order valence-electron chi connectivity index (χ2n) is 5.11. The fraction of sp³-hybridized carbons (Fsp3) is 0.462. The van der Waals surface area contributed by atoms with Gasteiger partial charge in [-0.15, -0.1) is 0 Å². The predicted molar refractivity (Wildman–Crippen MR) is 73.7 cm³/mol. The Morgan fingerprint density at radius 2 is 2.00 bits per heavy atom. The average Bonchev–Trinajstić information content (AvgIpc) is 2.32. The highest BCUT2D eigenvalue weighted by atomic mass is 35.7. The molecule has 4 nitrogen and oxygen atoms in total. The maximum absolute atomic E-state index is 14.1. The van der Waals surface area contributed by atoms with E-state index in [0.717, 1.165) is 19.3 Å². The van der Waals surface area contributed by atoms with Crippen LogP contribution >= 0.6 is 10.7 Å². The fourth-order valence-electron chi connectivity index (χ4n) is 2.40. The number of halogens is 3. The van der Waals surface area contributed by atoms with E-state index in [0.29, 0.717) is 18.6 Å². The lowest BCUT2D eigenvalue weighted by Crippen LogP contribution is -2.53. The van der Waals surface area contributed by atoms with Crippen LogP contribution < -0.4 is 5.32 Å². The van der Waals surface area contributed by atoms with Gasteiger partial charge in [-0.05, 0) is 37.8 Å². The van der Waals surface area contributed by atoms with Gasteiger partial charge >= 0.3 is 0 Å². The summed E-state index contributed by atoms with van der Waals surface area (Å²) in [6, 6.07) is 1.41. The summed E-state index contributed by atoms with van der Waals surface area (Å²) in [6.07, 6.45) is 3.02. The van der Waals surface area contributed by atoms with Crippen LogP contribution in [0, 0.1) is 11.6 Å². The van der Waals surface area contributed by atoms with Crippen LogP contribution in [0.5, 0.6) is 0 Å². The Morgan fingerprint density at radius 3 is 2.43 bits per heavy atom. The van der Waals surface area contributed by atoms with Crippen LogP contribution in [-0.2, 0) is 9.05 Å². The van der Waals surface area contributed by atoms with Gasteiger partial charge in [-0.25, -0.2) is 17.2 Å². The van der Waals surface area contributed by atoms with Gasteiger partial charge in [0, 0.05) is 16.2 Å². The molecule has 0 unspecified atom stereocenters. The monoisotopic (exact) mass is 337 g/mol. The second kappa shape index (κ2) is 5.53. The molecule has 1 aromatic carbocycles. The van der Waals surface area contributed by atoms with Gasteiger partial charge in [0.05, 0.1) is 0 Å². The van der Waals surface area contributed by atoms with Gasteiger partial charge in [0.1, 0.15) is 16.3 Å². The van der Waals surface area contributed by atoms with Crippen molar-refractivity contribution >= 4 is 25.6 Å². The Bertz CT molecular complexity index is 681. The molecule has 2 rings (SSSR count). The zero-order chi connectivity index (χ0) is 15.8. The molecule has 116 valence electrons. The van der Waals surface area contributed by atoms with E-state index in [2.05, 4.69) is 5.32 Å². The number of hydrogen-bond acceptors (Lipinski definition) is 3. The van der Waals surface area contributed by atoms with Gasteiger partial charge < -0.3 is 5.32 Å². The van der Waals surface area contributed by atoms with Crippen molar-refractivity contribution in [2.75, 3.05) is 0 Å². The lowest BCUT2D eigenvalue weighted by molar-refractivity contribution is 0.0811. The van der Waals surface area contributed by atoms with E-state index in [4.69, 9.17) is 10.7 Å². The maximum atomic E-state index is 14.1. The number of amides is 1. The van der Waals surface area contributed by atoms with Gasteiger partial charge in [-0.3, -0.25) is 4.79 Å². The highest BCUT2D eigenvalue weighted by Crippen LogP contribution is 2.35. The van der Waals surface area contributed by atoms with Crippen molar-refractivity contribution in [2.45, 2.75) is 43.0 Å². The molecule has 0 spiro atoms. The number of benzene rings is 1. The van der Waals surface area contributed by atoms with Crippen molar-refractivity contribution in [2.24, 2.45) is 0 Å². The maximum Gasteiger partial charge on any atom is 0.264 e. The number of nitrogens with one attached hydrogen (secondary N) is 1. The van der Waals surface area contributed by atoms with E-state index in [-0.39, 0.29) is 0 Å². The first-order chi connectivity index (χ1) is 9.70. The summed E-state index contributed by atoms with van der Waals surface area (Å²) in [4.78, 5) is 11.2. The zero-order valence-corrected chi connectivity index (χ0v) is 12.8. The van der Waals surface area contributed by atoms with E-state index in [1.807, 2.05) is 6.92 Å². The molecule has 1 aliphatic rings. The molecule has 1 fully saturated rings. The summed E-state index contributed by atoms with van der Waals surface area (Å²) in [5.41, 5.74) is -1.39. The minimum absolute atomic E-state index is 0.466. The van der Waals surface area contributed by atoms with Crippen molar-refractivity contribution in [1.82, 2.24) is 5.32 Å². The minimum Gasteiger partial charge on any atom is -0.346 e. The molecule has 0 bridgehead atoms. The zero-order valence-electron chi connectivity index (χ0n) is 11.3. The van der Waals surface area contributed by atoms with Crippen LogP contribution in [0.15, 0.2) is 17.0 Å². The van der Waals surface area contributed by atoms with Crippen LogP contribution in [-0.4, -0.2) is 19.9 Å². The van der Waals surface area contributed by atoms with E-state index in [1.165, 1.54) is 0 Å². The van der Waals surface area contributed by atoms with Gasteiger partial charge in [0.2, 0.25) is 0 Å². The van der Waals surface area contributed by atoms with Crippen LogP contribution in [0.3, 0.4) is 0 Å². The molecular formula is C13H14ClF2NO3S. The first-order valence-electron chi connectivity index (χ1n) is 6.45. The molecule has 1 amide bonds. The molecule has 21 heavy (non-hydrogen) atoms. The standard InChI is InChI=1S/C13H14ClF2NO3S/c1-2-13(6-3-7-13)17-12(18)10-8(15)4-5-9(11(10)16)21(14,19)20/h4-5H,2-3,6-7H2,1H3,(H,17,18). The highest BCUT2D eigenvalue weighted by Gasteiger charge is 2.38. The summed E-state index contributed by atoms with van der Waals surface area (Å²) in [5, 5.41) is 2.60. The Hall–Kier alpha value is -1.21. The van der Waals surface area contributed by atoms with Crippen LogP contribution in [0.2, 0.25) is 0 Å². The van der Waals surface area contributed by atoms with Crippen LogP contribution in [0.25, 0.3) is 0 Å². The van der Waals surface area contributed by atoms with Crippen molar-refractivity contribution in [3.8, 4) is 0 Å². The number of carbonyl (C=O) groups is 1. The van der Waals surface area contributed by atoms with Crippen molar-refractivity contribution in [3.63, 3.8) is 0 Å². The Morgan fingerprint density at radius 1 is 1.38 bits per heavy atom. The lowest BCUT2D eigenvalue weighted by Gasteiger charge is -2.42. The predicted octanol–water partition coefficient (Wildman–Crippen LogP) is 2.95. The molecule has 0 aromatic heterocycles. The molecule has 1 aromatic rings. The fourth-order valence-corrected chi connectivity index (χ4v) is 3.31. The summed E-state index contributed by atoms with van der Waals surface area (Å²) in [5.74, 6) is -3.55. The summed E-state index contributed by atoms with van der Waals surface area (Å²) in [6.45, 7) is 1.87. The number of hydrogen-bond donors (Lipinski definition) is 1. The molecule has 0 radical (unpaired) electrons. The molecule has 1 saturated carbocycles.